The number of hydrogen-bond donors (Lipinski definition) is 1. The van der Waals surface area contributed by atoms with Gasteiger partial charge in [-0.3, -0.25) is 4.79 Å². The Balaban J connectivity index is 1.73. The van der Waals surface area contributed by atoms with E-state index in [0.717, 1.165) is 50.5 Å². The maximum Gasteiger partial charge on any atom is 0.255 e. The molecule has 0 aliphatic carbocycles. The molecule has 2 heterocycles. The molecule has 3 rings (SSSR count). The topological polar surface area (TPSA) is 48.5 Å². The lowest BCUT2D eigenvalue weighted by Crippen LogP contribution is -2.47. The molecule has 0 bridgehead atoms. The van der Waals surface area contributed by atoms with Gasteiger partial charge < -0.3 is 15.1 Å². The van der Waals surface area contributed by atoms with E-state index in [1.54, 1.807) is 6.20 Å². The lowest BCUT2D eigenvalue weighted by Gasteiger charge is -2.32. The van der Waals surface area contributed by atoms with Crippen LogP contribution in [0.1, 0.15) is 35.3 Å². The van der Waals surface area contributed by atoms with E-state index in [2.05, 4.69) is 54.3 Å². The highest BCUT2D eigenvalue weighted by Crippen LogP contribution is 2.25. The molecule has 1 amide bonds. The zero-order valence-electron chi connectivity index (χ0n) is 16.0. The average molecular weight is 352 g/mol. The molecular weight excluding hydrogens is 324 g/mol. The van der Waals surface area contributed by atoms with E-state index >= 15 is 0 Å². The third-order valence-corrected chi connectivity index (χ3v) is 5.05. The van der Waals surface area contributed by atoms with Crippen molar-refractivity contribution in [2.75, 3.05) is 38.5 Å². The Hall–Kier alpha value is -2.40. The van der Waals surface area contributed by atoms with Gasteiger partial charge in [0.15, 0.2) is 0 Å². The standard InChI is InChI=1S/C21H28N4O/c1-4-16-7-6-8-17(5-2)20(16)23-19-10-9-18(15-22-19)21(26)25-13-11-24(3)12-14-25/h6-10,15H,4-5,11-14H2,1-3H3,(H,22,23). The molecule has 0 radical (unpaired) electrons. The van der Waals surface area contributed by atoms with Crippen LogP contribution in [0, 0.1) is 0 Å². The molecule has 1 aromatic carbocycles. The summed E-state index contributed by atoms with van der Waals surface area (Å²) in [5.41, 5.74) is 4.36. The van der Waals surface area contributed by atoms with Crippen LogP contribution < -0.4 is 5.32 Å². The predicted molar refractivity (Wildman–Crippen MR) is 106 cm³/mol. The summed E-state index contributed by atoms with van der Waals surface area (Å²) >= 11 is 0. The average Bonchev–Trinajstić information content (AvgIpc) is 2.68. The maximum atomic E-state index is 12.6. The van der Waals surface area contributed by atoms with Crippen molar-refractivity contribution in [2.24, 2.45) is 0 Å². The van der Waals surface area contributed by atoms with E-state index in [-0.39, 0.29) is 5.91 Å². The smallest absolute Gasteiger partial charge is 0.255 e. The fourth-order valence-electron chi connectivity index (χ4n) is 3.32. The minimum absolute atomic E-state index is 0.0698. The van der Waals surface area contributed by atoms with Gasteiger partial charge in [0.2, 0.25) is 0 Å². The number of para-hydroxylation sites is 1. The van der Waals surface area contributed by atoms with E-state index in [1.807, 2.05) is 17.0 Å². The lowest BCUT2D eigenvalue weighted by atomic mass is 10.0. The van der Waals surface area contributed by atoms with Crippen molar-refractivity contribution in [3.8, 4) is 0 Å². The number of carbonyl (C=O) groups excluding carboxylic acids is 1. The van der Waals surface area contributed by atoms with Crippen molar-refractivity contribution < 1.29 is 4.79 Å². The molecule has 1 fully saturated rings. The molecule has 0 atom stereocenters. The molecule has 138 valence electrons. The summed E-state index contributed by atoms with van der Waals surface area (Å²) in [5.74, 6) is 0.843. The van der Waals surface area contributed by atoms with Crippen LogP contribution in [0.15, 0.2) is 36.5 Å². The summed E-state index contributed by atoms with van der Waals surface area (Å²) in [7, 11) is 2.09. The first-order valence-electron chi connectivity index (χ1n) is 9.44. The zero-order chi connectivity index (χ0) is 18.5. The molecule has 1 aliphatic rings. The van der Waals surface area contributed by atoms with Crippen LogP contribution in [-0.2, 0) is 12.8 Å². The first-order chi connectivity index (χ1) is 12.6. The van der Waals surface area contributed by atoms with Crippen molar-refractivity contribution in [1.29, 1.82) is 0 Å². The molecule has 0 unspecified atom stereocenters. The number of nitrogens with zero attached hydrogens (tertiary/aromatic N) is 3. The summed E-state index contributed by atoms with van der Waals surface area (Å²) in [6.07, 6.45) is 3.62. The number of piperazine rings is 1. The number of amides is 1. The summed E-state index contributed by atoms with van der Waals surface area (Å²) < 4.78 is 0. The molecule has 5 nitrogen and oxygen atoms in total. The summed E-state index contributed by atoms with van der Waals surface area (Å²) in [5, 5.41) is 3.45. The number of pyridine rings is 1. The number of nitrogens with one attached hydrogen (secondary N) is 1. The van der Waals surface area contributed by atoms with Gasteiger partial charge in [0.1, 0.15) is 5.82 Å². The van der Waals surface area contributed by atoms with E-state index in [4.69, 9.17) is 0 Å². The maximum absolute atomic E-state index is 12.6. The number of likely N-dealkylation sites (N-methyl/N-ethyl adjacent to an activating group) is 1. The minimum Gasteiger partial charge on any atom is -0.340 e. The molecule has 2 aromatic rings. The van der Waals surface area contributed by atoms with Gasteiger partial charge in [0.25, 0.3) is 5.91 Å². The highest BCUT2D eigenvalue weighted by molar-refractivity contribution is 5.94. The summed E-state index contributed by atoms with van der Waals surface area (Å²) in [4.78, 5) is 21.3. The molecular formula is C21H28N4O. The predicted octanol–water partition coefficient (Wildman–Crippen LogP) is 3.34. The summed E-state index contributed by atoms with van der Waals surface area (Å²) in [6, 6.07) is 10.2. The lowest BCUT2D eigenvalue weighted by molar-refractivity contribution is 0.0663. The Morgan fingerprint density at radius 3 is 2.23 bits per heavy atom. The largest absolute Gasteiger partial charge is 0.340 e. The molecule has 1 saturated heterocycles. The normalized spacial score (nSPS) is 15.1. The Morgan fingerprint density at radius 1 is 1.04 bits per heavy atom. The van der Waals surface area contributed by atoms with Crippen LogP contribution in [0.2, 0.25) is 0 Å². The van der Waals surface area contributed by atoms with Gasteiger partial charge >= 0.3 is 0 Å². The second-order valence-corrected chi connectivity index (χ2v) is 6.81. The van der Waals surface area contributed by atoms with Crippen LogP contribution in [0.5, 0.6) is 0 Å². The molecule has 26 heavy (non-hydrogen) atoms. The highest BCUT2D eigenvalue weighted by atomic mass is 16.2. The van der Waals surface area contributed by atoms with Gasteiger partial charge in [-0.1, -0.05) is 32.0 Å². The van der Waals surface area contributed by atoms with E-state index in [9.17, 15) is 4.79 Å². The number of carbonyl (C=O) groups is 1. The number of anilines is 2. The van der Waals surface area contributed by atoms with Crippen molar-refractivity contribution in [1.82, 2.24) is 14.8 Å². The van der Waals surface area contributed by atoms with Crippen LogP contribution >= 0.6 is 0 Å². The molecule has 1 aromatic heterocycles. The molecule has 1 N–H and O–H groups in total. The van der Waals surface area contributed by atoms with Crippen molar-refractivity contribution in [3.05, 3.63) is 53.2 Å². The molecule has 5 heteroatoms. The van der Waals surface area contributed by atoms with Crippen LogP contribution in [0.4, 0.5) is 11.5 Å². The fraction of sp³-hybridized carbons (Fsp3) is 0.429. The van der Waals surface area contributed by atoms with Gasteiger partial charge in [-0.25, -0.2) is 4.98 Å². The number of aryl methyl sites for hydroxylation is 2. The third kappa shape index (κ3) is 4.05. The Labute approximate surface area is 156 Å². The minimum atomic E-state index is 0.0698. The molecule has 0 spiro atoms. The van der Waals surface area contributed by atoms with Gasteiger partial charge in [-0.05, 0) is 43.1 Å². The van der Waals surface area contributed by atoms with Gasteiger partial charge in [-0.15, -0.1) is 0 Å². The number of hydrogen-bond acceptors (Lipinski definition) is 4. The Kier molecular flexibility index (Phi) is 5.89. The molecule has 0 saturated carbocycles. The van der Waals surface area contributed by atoms with Crippen molar-refractivity contribution in [3.63, 3.8) is 0 Å². The second kappa shape index (κ2) is 8.32. The number of aromatic nitrogens is 1. The number of rotatable bonds is 5. The molecule has 1 aliphatic heterocycles. The summed E-state index contributed by atoms with van der Waals surface area (Å²) in [6.45, 7) is 7.72. The van der Waals surface area contributed by atoms with E-state index in [0.29, 0.717) is 5.56 Å². The van der Waals surface area contributed by atoms with Crippen LogP contribution in [-0.4, -0.2) is 53.9 Å². The fourth-order valence-corrected chi connectivity index (χ4v) is 3.32. The van der Waals surface area contributed by atoms with Gasteiger partial charge in [0.05, 0.1) is 5.56 Å². The zero-order valence-corrected chi connectivity index (χ0v) is 16.0. The van der Waals surface area contributed by atoms with Crippen LogP contribution in [0.25, 0.3) is 0 Å². The monoisotopic (exact) mass is 352 g/mol. The third-order valence-electron chi connectivity index (χ3n) is 5.05. The Bertz CT molecular complexity index is 727. The van der Waals surface area contributed by atoms with E-state index < -0.39 is 0 Å². The Morgan fingerprint density at radius 2 is 1.69 bits per heavy atom. The van der Waals surface area contributed by atoms with E-state index in [1.165, 1.54) is 11.1 Å². The van der Waals surface area contributed by atoms with Crippen LogP contribution in [0.3, 0.4) is 0 Å². The van der Waals surface area contributed by atoms with Crippen molar-refractivity contribution in [2.45, 2.75) is 26.7 Å². The van der Waals surface area contributed by atoms with Gasteiger partial charge in [-0.2, -0.15) is 0 Å². The van der Waals surface area contributed by atoms with Crippen molar-refractivity contribution >= 4 is 17.4 Å². The highest BCUT2D eigenvalue weighted by Gasteiger charge is 2.20. The quantitative estimate of drug-likeness (QED) is 0.897. The first kappa shape index (κ1) is 18.4. The second-order valence-electron chi connectivity index (χ2n) is 6.81. The first-order valence-corrected chi connectivity index (χ1v) is 9.44. The number of benzene rings is 1. The van der Waals surface area contributed by atoms with Gasteiger partial charge in [0, 0.05) is 38.1 Å². The SMILES string of the molecule is CCc1cccc(CC)c1Nc1ccc(C(=O)N2CCN(C)CC2)cn1.